The second-order valence-corrected chi connectivity index (χ2v) is 7.35. The molecule has 1 saturated heterocycles. The third-order valence-corrected chi connectivity index (χ3v) is 5.00. The fourth-order valence-electron chi connectivity index (χ4n) is 3.19. The standard InChI is InChI=1S/C24H27N3O7/c1-2-32-24(31)27-14-12-26(13-15-27)21(28)17-33-22(29)16-25-23(30)18-8-10-20(11-9-18)34-19-6-4-3-5-7-19/h3-11H,2,12-17H2,1H3,(H,25,30). The Morgan fingerprint density at radius 2 is 1.44 bits per heavy atom. The number of carbonyl (C=O) groups is 4. The Bertz CT molecular complexity index is 987. The number of hydrogen-bond acceptors (Lipinski definition) is 7. The van der Waals surface area contributed by atoms with Crippen molar-refractivity contribution in [3.05, 3.63) is 60.2 Å². The Morgan fingerprint density at radius 1 is 0.824 bits per heavy atom. The van der Waals surface area contributed by atoms with Gasteiger partial charge < -0.3 is 29.3 Å². The first kappa shape index (κ1) is 24.6. The Kier molecular flexibility index (Phi) is 8.84. The summed E-state index contributed by atoms with van der Waals surface area (Å²) in [5.41, 5.74) is 0.351. The van der Waals surface area contributed by atoms with Gasteiger partial charge in [-0.2, -0.15) is 0 Å². The lowest BCUT2D eigenvalue weighted by atomic mass is 10.2. The number of rotatable bonds is 8. The number of carbonyl (C=O) groups excluding carboxylic acids is 4. The maximum absolute atomic E-state index is 12.3. The van der Waals surface area contributed by atoms with Crippen molar-refractivity contribution in [1.82, 2.24) is 15.1 Å². The molecule has 0 unspecified atom stereocenters. The number of nitrogens with zero attached hydrogens (tertiary/aromatic N) is 2. The van der Waals surface area contributed by atoms with Crippen LogP contribution in [0.25, 0.3) is 0 Å². The summed E-state index contributed by atoms with van der Waals surface area (Å²) in [5, 5.41) is 2.46. The second kappa shape index (κ2) is 12.2. The number of nitrogens with one attached hydrogen (secondary N) is 1. The van der Waals surface area contributed by atoms with E-state index >= 15 is 0 Å². The van der Waals surface area contributed by atoms with Crippen LogP contribution in [0.1, 0.15) is 17.3 Å². The van der Waals surface area contributed by atoms with Gasteiger partial charge in [0.15, 0.2) is 6.61 Å². The largest absolute Gasteiger partial charge is 0.457 e. The molecule has 2 aromatic rings. The molecule has 180 valence electrons. The summed E-state index contributed by atoms with van der Waals surface area (Å²) in [7, 11) is 0. The molecule has 10 nitrogen and oxygen atoms in total. The Labute approximate surface area is 197 Å². The molecule has 1 fully saturated rings. The maximum atomic E-state index is 12.3. The van der Waals surface area contributed by atoms with Gasteiger partial charge in [0.1, 0.15) is 18.0 Å². The van der Waals surface area contributed by atoms with E-state index in [0.717, 1.165) is 0 Å². The summed E-state index contributed by atoms with van der Waals surface area (Å²) >= 11 is 0. The molecular formula is C24H27N3O7. The summed E-state index contributed by atoms with van der Waals surface area (Å²) in [6.45, 7) is 2.58. The fourth-order valence-corrected chi connectivity index (χ4v) is 3.19. The number of para-hydroxylation sites is 1. The number of hydrogen-bond donors (Lipinski definition) is 1. The quantitative estimate of drug-likeness (QED) is 0.589. The summed E-state index contributed by atoms with van der Waals surface area (Å²) in [6.07, 6.45) is -0.407. The first-order chi connectivity index (χ1) is 16.5. The van der Waals surface area contributed by atoms with E-state index in [0.29, 0.717) is 49.8 Å². The molecule has 0 radical (unpaired) electrons. The van der Waals surface area contributed by atoms with Crippen LogP contribution in [-0.4, -0.2) is 79.6 Å². The van der Waals surface area contributed by atoms with E-state index in [-0.39, 0.29) is 12.5 Å². The van der Waals surface area contributed by atoms with Gasteiger partial charge in [0.05, 0.1) is 6.61 Å². The van der Waals surface area contributed by atoms with Crippen molar-refractivity contribution < 1.29 is 33.4 Å². The van der Waals surface area contributed by atoms with Crippen LogP contribution in [0.2, 0.25) is 0 Å². The van der Waals surface area contributed by atoms with Gasteiger partial charge in [-0.25, -0.2) is 4.79 Å². The number of amides is 3. The topological polar surface area (TPSA) is 114 Å². The second-order valence-electron chi connectivity index (χ2n) is 7.35. The van der Waals surface area contributed by atoms with Crippen LogP contribution in [-0.2, 0) is 19.1 Å². The van der Waals surface area contributed by atoms with E-state index in [1.807, 2.05) is 30.3 Å². The van der Waals surface area contributed by atoms with Gasteiger partial charge in [-0.05, 0) is 43.3 Å². The summed E-state index contributed by atoms with van der Waals surface area (Å²) in [4.78, 5) is 51.2. The normalized spacial score (nSPS) is 13.1. The molecule has 0 bridgehead atoms. The average molecular weight is 469 g/mol. The SMILES string of the molecule is CCOC(=O)N1CCN(C(=O)COC(=O)CNC(=O)c2ccc(Oc3ccccc3)cc2)CC1. The van der Waals surface area contributed by atoms with Gasteiger partial charge in [0, 0.05) is 31.7 Å². The van der Waals surface area contributed by atoms with Crippen LogP contribution in [0.4, 0.5) is 4.79 Å². The number of benzene rings is 2. The lowest BCUT2D eigenvalue weighted by Crippen LogP contribution is -2.51. The van der Waals surface area contributed by atoms with Gasteiger partial charge in [-0.15, -0.1) is 0 Å². The molecular weight excluding hydrogens is 442 g/mol. The first-order valence-electron chi connectivity index (χ1n) is 10.9. The number of piperazine rings is 1. The predicted molar refractivity (Wildman–Crippen MR) is 121 cm³/mol. The van der Waals surface area contributed by atoms with Gasteiger partial charge in [-0.3, -0.25) is 14.4 Å². The molecule has 3 amide bonds. The van der Waals surface area contributed by atoms with Crippen molar-refractivity contribution in [1.29, 1.82) is 0 Å². The van der Waals surface area contributed by atoms with E-state index in [9.17, 15) is 19.2 Å². The molecule has 10 heteroatoms. The molecule has 1 aliphatic rings. The summed E-state index contributed by atoms with van der Waals surface area (Å²) in [6, 6.07) is 15.7. The lowest BCUT2D eigenvalue weighted by molar-refractivity contribution is -0.151. The van der Waals surface area contributed by atoms with Crippen molar-refractivity contribution in [3.8, 4) is 11.5 Å². The number of ether oxygens (including phenoxy) is 3. The minimum Gasteiger partial charge on any atom is -0.457 e. The molecule has 0 saturated carbocycles. The highest BCUT2D eigenvalue weighted by Crippen LogP contribution is 2.21. The van der Waals surface area contributed by atoms with Crippen LogP contribution in [0.5, 0.6) is 11.5 Å². The van der Waals surface area contributed by atoms with Crippen molar-refractivity contribution in [2.45, 2.75) is 6.92 Å². The third kappa shape index (κ3) is 7.22. The fraction of sp³-hybridized carbons (Fsp3) is 0.333. The highest BCUT2D eigenvalue weighted by atomic mass is 16.6. The first-order valence-corrected chi connectivity index (χ1v) is 10.9. The molecule has 3 rings (SSSR count). The van der Waals surface area contributed by atoms with Crippen LogP contribution in [0.15, 0.2) is 54.6 Å². The smallest absolute Gasteiger partial charge is 0.409 e. The van der Waals surface area contributed by atoms with Gasteiger partial charge in [-0.1, -0.05) is 18.2 Å². The molecule has 1 aliphatic heterocycles. The van der Waals surface area contributed by atoms with Gasteiger partial charge in [0.2, 0.25) is 0 Å². The van der Waals surface area contributed by atoms with E-state index in [1.54, 1.807) is 31.2 Å². The van der Waals surface area contributed by atoms with Crippen molar-refractivity contribution in [3.63, 3.8) is 0 Å². The lowest BCUT2D eigenvalue weighted by Gasteiger charge is -2.33. The maximum Gasteiger partial charge on any atom is 0.409 e. The zero-order chi connectivity index (χ0) is 24.3. The predicted octanol–water partition coefficient (Wildman–Crippen LogP) is 2.05. The van der Waals surface area contributed by atoms with E-state index in [1.165, 1.54) is 9.80 Å². The van der Waals surface area contributed by atoms with E-state index in [4.69, 9.17) is 14.2 Å². The summed E-state index contributed by atoms with van der Waals surface area (Å²) in [5.74, 6) is -0.292. The monoisotopic (exact) mass is 469 g/mol. The van der Waals surface area contributed by atoms with Crippen LogP contribution >= 0.6 is 0 Å². The third-order valence-electron chi connectivity index (χ3n) is 5.00. The van der Waals surface area contributed by atoms with Gasteiger partial charge >= 0.3 is 12.1 Å². The molecule has 0 spiro atoms. The molecule has 34 heavy (non-hydrogen) atoms. The van der Waals surface area contributed by atoms with Crippen molar-refractivity contribution >= 4 is 23.9 Å². The molecule has 1 heterocycles. The highest BCUT2D eigenvalue weighted by molar-refractivity contribution is 5.96. The molecule has 0 atom stereocenters. The molecule has 0 aliphatic carbocycles. The van der Waals surface area contributed by atoms with Gasteiger partial charge in [0.25, 0.3) is 11.8 Å². The van der Waals surface area contributed by atoms with E-state index < -0.39 is 24.6 Å². The minimum absolute atomic E-state index is 0.290. The van der Waals surface area contributed by atoms with Crippen LogP contribution < -0.4 is 10.1 Å². The minimum atomic E-state index is -0.726. The zero-order valence-electron chi connectivity index (χ0n) is 18.9. The Morgan fingerprint density at radius 3 is 2.09 bits per heavy atom. The Balaban J connectivity index is 1.35. The summed E-state index contributed by atoms with van der Waals surface area (Å²) < 4.78 is 15.6. The average Bonchev–Trinajstić information content (AvgIpc) is 2.87. The van der Waals surface area contributed by atoms with Crippen molar-refractivity contribution in [2.75, 3.05) is 45.9 Å². The number of esters is 1. The van der Waals surface area contributed by atoms with Crippen LogP contribution in [0.3, 0.4) is 0 Å². The Hall–Kier alpha value is -4.08. The van der Waals surface area contributed by atoms with Crippen molar-refractivity contribution in [2.24, 2.45) is 0 Å². The van der Waals surface area contributed by atoms with E-state index in [2.05, 4.69) is 5.32 Å². The van der Waals surface area contributed by atoms with Crippen LogP contribution in [0, 0.1) is 0 Å². The highest BCUT2D eigenvalue weighted by Gasteiger charge is 2.25. The molecule has 0 aromatic heterocycles. The molecule has 2 aromatic carbocycles. The zero-order valence-corrected chi connectivity index (χ0v) is 18.9. The molecule has 1 N–H and O–H groups in total.